The van der Waals surface area contributed by atoms with Crippen LogP contribution in [-0.4, -0.2) is 38.9 Å². The average Bonchev–Trinajstić information content (AvgIpc) is 3.22. The van der Waals surface area contributed by atoms with Crippen molar-refractivity contribution in [2.24, 2.45) is 10.9 Å². The Balaban J connectivity index is 1.69. The number of carbonyl (C=O) groups is 2. The fourth-order valence-electron chi connectivity index (χ4n) is 3.81. The molecule has 1 aromatic heterocycles. The van der Waals surface area contributed by atoms with Crippen LogP contribution in [0.25, 0.3) is 0 Å². The van der Waals surface area contributed by atoms with Gasteiger partial charge in [0, 0.05) is 18.3 Å². The first-order chi connectivity index (χ1) is 15.5. The second kappa shape index (κ2) is 9.01. The number of carbonyl (C=O) groups excluding carboxylic acids is 2. The van der Waals surface area contributed by atoms with Gasteiger partial charge in [-0.1, -0.05) is 24.3 Å². The topological polar surface area (TPSA) is 110 Å². The van der Waals surface area contributed by atoms with Crippen molar-refractivity contribution in [3.8, 4) is 5.75 Å². The van der Waals surface area contributed by atoms with E-state index >= 15 is 0 Å². The predicted octanol–water partition coefficient (Wildman–Crippen LogP) is 3.59. The summed E-state index contributed by atoms with van der Waals surface area (Å²) in [6.45, 7) is 5.65. The molecule has 1 aliphatic heterocycles. The van der Waals surface area contributed by atoms with Gasteiger partial charge in [-0.2, -0.15) is 10.1 Å². The highest BCUT2D eigenvalue weighted by Crippen LogP contribution is 2.36. The van der Waals surface area contributed by atoms with Crippen LogP contribution in [0.1, 0.15) is 32.4 Å². The minimum atomic E-state index is -0.620. The van der Waals surface area contributed by atoms with Crippen LogP contribution < -0.4 is 15.4 Å². The molecule has 2 heterocycles. The van der Waals surface area contributed by atoms with Gasteiger partial charge in [0.15, 0.2) is 0 Å². The van der Waals surface area contributed by atoms with Crippen molar-refractivity contribution in [2.75, 3.05) is 17.2 Å². The van der Waals surface area contributed by atoms with E-state index in [4.69, 9.17) is 4.74 Å². The van der Waals surface area contributed by atoms with Gasteiger partial charge in [-0.25, -0.2) is 9.67 Å². The number of fused-ring (bicyclic) bond motifs is 1. The smallest absolute Gasteiger partial charge is 0.248 e. The quantitative estimate of drug-likeness (QED) is 0.619. The Kier molecular flexibility index (Phi) is 5.98. The number of amides is 2. The predicted molar refractivity (Wildman–Crippen MR) is 121 cm³/mol. The number of para-hydroxylation sites is 2. The van der Waals surface area contributed by atoms with Gasteiger partial charge in [0.05, 0.1) is 18.3 Å². The zero-order valence-corrected chi connectivity index (χ0v) is 18.1. The molecule has 164 valence electrons. The molecule has 0 aliphatic carbocycles. The van der Waals surface area contributed by atoms with E-state index in [0.717, 1.165) is 5.56 Å². The summed E-state index contributed by atoms with van der Waals surface area (Å²) in [5.41, 5.74) is 2.75. The van der Waals surface area contributed by atoms with E-state index < -0.39 is 12.0 Å². The largest absolute Gasteiger partial charge is 0.492 e. The summed E-state index contributed by atoms with van der Waals surface area (Å²) in [6, 6.07) is 14.2. The Bertz CT molecular complexity index is 1170. The minimum absolute atomic E-state index is 0.151. The SMILES string of the molecule is CCOc1ccccc1NC(=O)C1C(C)=Nc2ncnn2C1c1ccc(NC(C)=O)cc1. The summed E-state index contributed by atoms with van der Waals surface area (Å²) in [7, 11) is 0. The first kappa shape index (κ1) is 21.2. The lowest BCUT2D eigenvalue weighted by Gasteiger charge is -2.30. The zero-order chi connectivity index (χ0) is 22.7. The van der Waals surface area contributed by atoms with Crippen LogP contribution in [0.5, 0.6) is 5.75 Å². The maximum absolute atomic E-state index is 13.5. The number of ether oxygens (including phenoxy) is 1. The lowest BCUT2D eigenvalue weighted by atomic mass is 9.87. The van der Waals surface area contributed by atoms with Crippen molar-refractivity contribution < 1.29 is 14.3 Å². The molecule has 9 heteroatoms. The molecule has 0 fully saturated rings. The van der Waals surface area contributed by atoms with Gasteiger partial charge in [-0.05, 0) is 43.7 Å². The van der Waals surface area contributed by atoms with Crippen molar-refractivity contribution >= 4 is 34.8 Å². The van der Waals surface area contributed by atoms with Gasteiger partial charge in [0.2, 0.25) is 17.8 Å². The zero-order valence-electron chi connectivity index (χ0n) is 18.1. The number of aliphatic imine (C=N–C) groups is 1. The van der Waals surface area contributed by atoms with Gasteiger partial charge in [-0.15, -0.1) is 0 Å². The Morgan fingerprint density at radius 3 is 2.56 bits per heavy atom. The molecule has 0 spiro atoms. The Labute approximate surface area is 185 Å². The van der Waals surface area contributed by atoms with E-state index in [1.807, 2.05) is 44.2 Å². The van der Waals surface area contributed by atoms with Crippen molar-refractivity contribution in [1.29, 1.82) is 0 Å². The van der Waals surface area contributed by atoms with E-state index in [1.165, 1.54) is 13.3 Å². The van der Waals surface area contributed by atoms with Crippen LogP contribution >= 0.6 is 0 Å². The lowest BCUT2D eigenvalue weighted by Crippen LogP contribution is -2.39. The summed E-state index contributed by atoms with van der Waals surface area (Å²) in [5, 5.41) is 10.1. The fourth-order valence-corrected chi connectivity index (χ4v) is 3.81. The molecule has 0 radical (unpaired) electrons. The van der Waals surface area contributed by atoms with Gasteiger partial charge in [-0.3, -0.25) is 9.59 Å². The van der Waals surface area contributed by atoms with Gasteiger partial charge >= 0.3 is 0 Å². The summed E-state index contributed by atoms with van der Waals surface area (Å²) in [5.74, 6) is 0.0479. The second-order valence-electron chi connectivity index (χ2n) is 7.40. The first-order valence-electron chi connectivity index (χ1n) is 10.3. The number of nitrogens with one attached hydrogen (secondary N) is 2. The number of benzene rings is 2. The lowest BCUT2D eigenvalue weighted by molar-refractivity contribution is -0.119. The molecule has 0 bridgehead atoms. The summed E-state index contributed by atoms with van der Waals surface area (Å²) in [6.07, 6.45) is 1.43. The number of anilines is 2. The van der Waals surface area contributed by atoms with Crippen molar-refractivity contribution in [3.63, 3.8) is 0 Å². The molecule has 3 aromatic rings. The third-order valence-electron chi connectivity index (χ3n) is 5.16. The third kappa shape index (κ3) is 4.22. The summed E-state index contributed by atoms with van der Waals surface area (Å²) >= 11 is 0. The van der Waals surface area contributed by atoms with E-state index in [-0.39, 0.29) is 11.8 Å². The first-order valence-corrected chi connectivity index (χ1v) is 10.3. The molecule has 2 unspecified atom stereocenters. The molecule has 9 nitrogen and oxygen atoms in total. The van der Waals surface area contributed by atoms with Crippen molar-refractivity contribution in [2.45, 2.75) is 26.8 Å². The molecule has 2 N–H and O–H groups in total. The normalized spacial score (nSPS) is 17.2. The van der Waals surface area contributed by atoms with E-state index in [2.05, 4.69) is 25.7 Å². The minimum Gasteiger partial charge on any atom is -0.492 e. The highest BCUT2D eigenvalue weighted by atomic mass is 16.5. The van der Waals surface area contributed by atoms with Gasteiger partial charge < -0.3 is 15.4 Å². The molecule has 2 aromatic carbocycles. The summed E-state index contributed by atoms with van der Waals surface area (Å²) < 4.78 is 7.30. The molecule has 0 saturated carbocycles. The Hall–Kier alpha value is -4.01. The molecular formula is C23H24N6O3. The van der Waals surface area contributed by atoms with Gasteiger partial charge in [0.25, 0.3) is 0 Å². The molecule has 0 saturated heterocycles. The molecule has 2 amide bonds. The molecular weight excluding hydrogens is 408 g/mol. The monoisotopic (exact) mass is 432 g/mol. The highest BCUT2D eigenvalue weighted by Gasteiger charge is 2.39. The number of hydrogen-bond acceptors (Lipinski definition) is 6. The van der Waals surface area contributed by atoms with E-state index in [1.54, 1.807) is 22.9 Å². The summed E-state index contributed by atoms with van der Waals surface area (Å²) in [4.78, 5) is 33.6. The van der Waals surface area contributed by atoms with Crippen molar-refractivity contribution in [1.82, 2.24) is 14.8 Å². The van der Waals surface area contributed by atoms with Crippen LogP contribution in [0.2, 0.25) is 0 Å². The third-order valence-corrected chi connectivity index (χ3v) is 5.16. The van der Waals surface area contributed by atoms with Crippen LogP contribution in [0.4, 0.5) is 17.3 Å². The van der Waals surface area contributed by atoms with Crippen LogP contribution in [-0.2, 0) is 9.59 Å². The number of rotatable bonds is 6. The van der Waals surface area contributed by atoms with Crippen molar-refractivity contribution in [3.05, 3.63) is 60.4 Å². The van der Waals surface area contributed by atoms with Crippen LogP contribution in [0, 0.1) is 5.92 Å². The van der Waals surface area contributed by atoms with Crippen LogP contribution in [0.3, 0.4) is 0 Å². The van der Waals surface area contributed by atoms with Crippen LogP contribution in [0.15, 0.2) is 59.9 Å². The number of nitrogens with zero attached hydrogens (tertiary/aromatic N) is 4. The molecule has 4 rings (SSSR count). The molecule has 1 aliphatic rings. The highest BCUT2D eigenvalue weighted by molar-refractivity contribution is 6.10. The van der Waals surface area contributed by atoms with E-state index in [0.29, 0.717) is 35.4 Å². The maximum Gasteiger partial charge on any atom is 0.248 e. The average molecular weight is 432 g/mol. The van der Waals surface area contributed by atoms with E-state index in [9.17, 15) is 9.59 Å². The second-order valence-corrected chi connectivity index (χ2v) is 7.40. The molecule has 32 heavy (non-hydrogen) atoms. The number of hydrogen-bond donors (Lipinski definition) is 2. The Morgan fingerprint density at radius 1 is 1.09 bits per heavy atom. The standard InChI is InChI=1S/C23H24N6O3/c1-4-32-19-8-6-5-7-18(19)28-22(31)20-14(2)26-23-24-13-25-29(23)21(20)16-9-11-17(12-10-16)27-15(3)30/h5-13,20-21H,4H2,1-3H3,(H,27,30)(H,28,31). The Morgan fingerprint density at radius 2 is 1.84 bits per heavy atom. The van der Waals surface area contributed by atoms with Gasteiger partial charge in [0.1, 0.15) is 18.0 Å². The molecule has 2 atom stereocenters. The fraction of sp³-hybridized carbons (Fsp3) is 0.261. The maximum atomic E-state index is 13.5. The number of aromatic nitrogens is 3.